The zero-order valence-electron chi connectivity index (χ0n) is 9.89. The van der Waals surface area contributed by atoms with Gasteiger partial charge in [-0.25, -0.2) is 9.59 Å². The summed E-state index contributed by atoms with van der Waals surface area (Å²) >= 11 is 11.2. The molecular formula is C11H11Cl2N3O3. The fourth-order valence-electron chi connectivity index (χ4n) is 1.03. The Labute approximate surface area is 119 Å². The number of hydrogen-bond acceptors (Lipinski definition) is 4. The van der Waals surface area contributed by atoms with Crippen LogP contribution < -0.4 is 10.6 Å². The Morgan fingerprint density at radius 1 is 1.26 bits per heavy atom. The number of nitrogens with one attached hydrogen (secondary N) is 2. The van der Waals surface area contributed by atoms with Crippen molar-refractivity contribution in [2.24, 2.45) is 5.16 Å². The molecule has 0 unspecified atom stereocenters. The fourth-order valence-corrected chi connectivity index (χ4v) is 1.22. The minimum Gasteiger partial charge on any atom is -0.317 e. The van der Waals surface area contributed by atoms with Crippen molar-refractivity contribution in [3.05, 3.63) is 30.3 Å². The third-order valence-electron chi connectivity index (χ3n) is 1.75. The Balaban J connectivity index is 2.62. The summed E-state index contributed by atoms with van der Waals surface area (Å²) in [7, 11) is 0. The van der Waals surface area contributed by atoms with Gasteiger partial charge in [-0.2, -0.15) is 0 Å². The van der Waals surface area contributed by atoms with Gasteiger partial charge < -0.3 is 10.2 Å². The zero-order valence-corrected chi connectivity index (χ0v) is 11.4. The average Bonchev–Trinajstić information content (AvgIpc) is 2.35. The summed E-state index contributed by atoms with van der Waals surface area (Å²) in [4.78, 5) is 25.4. The first kappa shape index (κ1) is 15.3. The third kappa shape index (κ3) is 6.08. The number of nitrogens with zero attached hydrogens (tertiary/aromatic N) is 1. The van der Waals surface area contributed by atoms with Crippen molar-refractivity contribution in [1.29, 1.82) is 0 Å². The number of amidine groups is 1. The summed E-state index contributed by atoms with van der Waals surface area (Å²) in [6.45, 7) is 1.16. The predicted octanol–water partition coefficient (Wildman–Crippen LogP) is 2.49. The topological polar surface area (TPSA) is 79.8 Å². The highest BCUT2D eigenvalue weighted by Gasteiger charge is 2.14. The molecule has 0 heterocycles. The van der Waals surface area contributed by atoms with Gasteiger partial charge in [0.05, 0.1) is 0 Å². The Kier molecular flexibility index (Phi) is 6.11. The van der Waals surface area contributed by atoms with Gasteiger partial charge in [0.25, 0.3) is 0 Å². The molecule has 0 fully saturated rings. The van der Waals surface area contributed by atoms with E-state index in [1.54, 1.807) is 24.3 Å². The molecule has 8 heteroatoms. The van der Waals surface area contributed by atoms with Crippen molar-refractivity contribution in [2.75, 3.05) is 5.32 Å². The summed E-state index contributed by atoms with van der Waals surface area (Å²) in [5, 5.41) is 8.14. The summed E-state index contributed by atoms with van der Waals surface area (Å²) < 4.78 is 0. The van der Waals surface area contributed by atoms with E-state index in [1.165, 1.54) is 0 Å². The number of anilines is 1. The van der Waals surface area contributed by atoms with Crippen LogP contribution in [0.15, 0.2) is 35.5 Å². The standard InChI is InChI=1S/C11H11Cl2N3O3/c1-7(17)19-16-10(9(12)13)15-11(18)14-8-5-3-2-4-6-8/h2-6,9H,1H3,(H2,14,15,16,18). The normalized spacial score (nSPS) is 11.1. The van der Waals surface area contributed by atoms with Crippen LogP contribution >= 0.6 is 23.2 Å². The number of para-hydroxylation sites is 1. The van der Waals surface area contributed by atoms with Gasteiger partial charge in [-0.1, -0.05) is 46.6 Å². The van der Waals surface area contributed by atoms with Crippen molar-refractivity contribution in [1.82, 2.24) is 5.32 Å². The van der Waals surface area contributed by atoms with E-state index in [4.69, 9.17) is 23.2 Å². The number of rotatable bonds is 3. The number of halogens is 2. The molecule has 102 valence electrons. The van der Waals surface area contributed by atoms with Crippen LogP contribution in [0.4, 0.5) is 10.5 Å². The van der Waals surface area contributed by atoms with E-state index in [0.29, 0.717) is 5.69 Å². The van der Waals surface area contributed by atoms with Gasteiger partial charge in [0.2, 0.25) is 0 Å². The molecule has 6 nitrogen and oxygen atoms in total. The average molecular weight is 304 g/mol. The molecule has 1 aromatic rings. The smallest absolute Gasteiger partial charge is 0.317 e. The summed E-state index contributed by atoms with van der Waals surface area (Å²) in [6, 6.07) is 8.11. The van der Waals surface area contributed by atoms with E-state index in [0.717, 1.165) is 6.92 Å². The van der Waals surface area contributed by atoms with Gasteiger partial charge in [-0.3, -0.25) is 5.32 Å². The number of alkyl halides is 2. The Bertz CT molecular complexity index is 477. The maximum atomic E-state index is 11.6. The van der Waals surface area contributed by atoms with Gasteiger partial charge in [-0.15, -0.1) is 0 Å². The maximum absolute atomic E-state index is 11.6. The number of amides is 2. The predicted molar refractivity (Wildman–Crippen MR) is 73.3 cm³/mol. The molecule has 2 N–H and O–H groups in total. The van der Waals surface area contributed by atoms with E-state index >= 15 is 0 Å². The van der Waals surface area contributed by atoms with Crippen molar-refractivity contribution in [3.63, 3.8) is 0 Å². The fraction of sp³-hybridized carbons (Fsp3) is 0.182. The highest BCUT2D eigenvalue weighted by Crippen LogP contribution is 2.06. The second-order valence-electron chi connectivity index (χ2n) is 3.31. The van der Waals surface area contributed by atoms with Crippen LogP contribution in [0.3, 0.4) is 0 Å². The lowest BCUT2D eigenvalue weighted by atomic mass is 10.3. The lowest BCUT2D eigenvalue weighted by Gasteiger charge is -2.09. The number of carbonyl (C=O) groups is 2. The monoisotopic (exact) mass is 303 g/mol. The second-order valence-corrected chi connectivity index (χ2v) is 4.40. The molecule has 0 spiro atoms. The van der Waals surface area contributed by atoms with E-state index in [2.05, 4.69) is 20.6 Å². The first-order valence-corrected chi connectivity index (χ1v) is 6.03. The molecule has 19 heavy (non-hydrogen) atoms. The van der Waals surface area contributed by atoms with Crippen molar-refractivity contribution in [2.45, 2.75) is 11.8 Å². The summed E-state index contributed by atoms with van der Waals surface area (Å²) in [5.41, 5.74) is 0.576. The van der Waals surface area contributed by atoms with Crippen molar-refractivity contribution in [3.8, 4) is 0 Å². The number of urea groups is 1. The van der Waals surface area contributed by atoms with Crippen LogP contribution in [-0.2, 0) is 9.63 Å². The zero-order chi connectivity index (χ0) is 14.3. The molecule has 0 aliphatic carbocycles. The first-order chi connectivity index (χ1) is 8.99. The maximum Gasteiger partial charge on any atom is 0.332 e. The van der Waals surface area contributed by atoms with Crippen LogP contribution in [0.2, 0.25) is 0 Å². The largest absolute Gasteiger partial charge is 0.332 e. The molecule has 0 aliphatic heterocycles. The van der Waals surface area contributed by atoms with Crippen molar-refractivity contribution < 1.29 is 14.4 Å². The van der Waals surface area contributed by atoms with Crippen LogP contribution in [0, 0.1) is 0 Å². The van der Waals surface area contributed by atoms with Gasteiger partial charge in [0.15, 0.2) is 10.7 Å². The molecule has 0 aromatic heterocycles. The molecule has 0 bridgehead atoms. The van der Waals surface area contributed by atoms with Crippen LogP contribution in [-0.4, -0.2) is 22.7 Å². The molecule has 0 saturated carbocycles. The molecule has 2 amide bonds. The second kappa shape index (κ2) is 7.60. The molecule has 0 radical (unpaired) electrons. The molecule has 1 aromatic carbocycles. The Morgan fingerprint density at radius 2 is 1.89 bits per heavy atom. The number of hydrogen-bond donors (Lipinski definition) is 2. The van der Waals surface area contributed by atoms with Gasteiger partial charge in [0, 0.05) is 12.6 Å². The molecule has 0 aliphatic rings. The quantitative estimate of drug-likeness (QED) is 0.296. The van der Waals surface area contributed by atoms with E-state index in [1.807, 2.05) is 6.07 Å². The third-order valence-corrected chi connectivity index (χ3v) is 2.17. The van der Waals surface area contributed by atoms with E-state index in [-0.39, 0.29) is 5.84 Å². The molecule has 0 atom stereocenters. The van der Waals surface area contributed by atoms with Gasteiger partial charge in [0.1, 0.15) is 0 Å². The number of oxime groups is 1. The first-order valence-electron chi connectivity index (χ1n) is 5.15. The Morgan fingerprint density at radius 3 is 2.42 bits per heavy atom. The SMILES string of the molecule is CC(=O)O/N=C(/NC(=O)Nc1ccccc1)C(Cl)Cl. The van der Waals surface area contributed by atoms with E-state index in [9.17, 15) is 9.59 Å². The lowest BCUT2D eigenvalue weighted by Crippen LogP contribution is -2.38. The number of carbonyl (C=O) groups excluding carboxylic acids is 2. The van der Waals surface area contributed by atoms with Crippen LogP contribution in [0.1, 0.15) is 6.92 Å². The molecular weight excluding hydrogens is 293 g/mol. The molecule has 0 saturated heterocycles. The lowest BCUT2D eigenvalue weighted by molar-refractivity contribution is -0.140. The number of benzene rings is 1. The highest BCUT2D eigenvalue weighted by atomic mass is 35.5. The highest BCUT2D eigenvalue weighted by molar-refractivity contribution is 6.54. The van der Waals surface area contributed by atoms with E-state index < -0.39 is 16.8 Å². The summed E-state index contributed by atoms with van der Waals surface area (Å²) in [5.74, 6) is -0.844. The van der Waals surface area contributed by atoms with Crippen LogP contribution in [0.5, 0.6) is 0 Å². The van der Waals surface area contributed by atoms with Gasteiger partial charge >= 0.3 is 12.0 Å². The van der Waals surface area contributed by atoms with Crippen LogP contribution in [0.25, 0.3) is 0 Å². The minimum absolute atomic E-state index is 0.188. The van der Waals surface area contributed by atoms with Gasteiger partial charge in [-0.05, 0) is 12.1 Å². The Hall–Kier alpha value is -1.79. The van der Waals surface area contributed by atoms with Crippen molar-refractivity contribution >= 4 is 46.7 Å². The minimum atomic E-state index is -1.14. The molecule has 1 rings (SSSR count). The summed E-state index contributed by atoms with van der Waals surface area (Å²) in [6.07, 6.45) is 0.